The Bertz CT molecular complexity index is 161. The molecule has 2 N–H and O–H groups in total. The highest BCUT2D eigenvalue weighted by Gasteiger charge is 2.21. The van der Waals surface area contributed by atoms with Crippen molar-refractivity contribution in [1.29, 1.82) is 0 Å². The minimum Gasteiger partial charge on any atom is -0.315 e. The van der Waals surface area contributed by atoms with E-state index < -0.39 is 0 Å². The predicted octanol–water partition coefficient (Wildman–Crippen LogP) is 0.350. The van der Waals surface area contributed by atoms with Crippen LogP contribution in [-0.4, -0.2) is 24.7 Å². The molecule has 0 saturated carbocycles. The van der Waals surface area contributed by atoms with E-state index in [-0.39, 0.29) is 5.54 Å². The predicted molar refractivity (Wildman–Crippen MR) is 47.3 cm³/mol. The molecular formula is C9H16N2. The number of hydrogen-bond acceptors (Lipinski definition) is 2. The van der Waals surface area contributed by atoms with Crippen molar-refractivity contribution < 1.29 is 0 Å². The molecule has 1 saturated heterocycles. The fourth-order valence-corrected chi connectivity index (χ4v) is 1.33. The summed E-state index contributed by atoms with van der Waals surface area (Å²) in [6.07, 6.45) is 6.54. The Morgan fingerprint density at radius 3 is 2.82 bits per heavy atom. The maximum atomic E-state index is 5.35. The molecule has 0 radical (unpaired) electrons. The molecule has 1 aliphatic heterocycles. The molecule has 0 aromatic rings. The van der Waals surface area contributed by atoms with E-state index in [4.69, 9.17) is 6.42 Å². The van der Waals surface area contributed by atoms with Gasteiger partial charge in [0, 0.05) is 12.6 Å². The molecule has 62 valence electrons. The van der Waals surface area contributed by atoms with Crippen LogP contribution in [0.4, 0.5) is 0 Å². The summed E-state index contributed by atoms with van der Waals surface area (Å²) in [6.45, 7) is 6.22. The molecule has 1 heterocycles. The smallest absolute Gasteiger partial charge is 0.0743 e. The summed E-state index contributed by atoms with van der Waals surface area (Å²) in [5, 5.41) is 6.69. The highest BCUT2D eigenvalue weighted by Crippen LogP contribution is 2.05. The molecule has 2 heteroatoms. The standard InChI is InChI=1S/C9H16N2/c1-4-9(2,3)11-8-5-6-10-7-8/h1,8,10-11H,5-7H2,2-3H3. The first-order valence-electron chi connectivity index (χ1n) is 4.10. The molecule has 2 nitrogen and oxygen atoms in total. The number of rotatable bonds is 2. The Balaban J connectivity index is 2.35. The fourth-order valence-electron chi connectivity index (χ4n) is 1.33. The lowest BCUT2D eigenvalue weighted by molar-refractivity contribution is 0.421. The van der Waals surface area contributed by atoms with Gasteiger partial charge in [-0.1, -0.05) is 5.92 Å². The lowest BCUT2D eigenvalue weighted by Gasteiger charge is -2.24. The number of hydrogen-bond donors (Lipinski definition) is 2. The summed E-state index contributed by atoms with van der Waals surface area (Å²) in [6, 6.07) is 0.557. The Morgan fingerprint density at radius 2 is 2.36 bits per heavy atom. The zero-order chi connectivity index (χ0) is 8.32. The largest absolute Gasteiger partial charge is 0.315 e. The topological polar surface area (TPSA) is 24.1 Å². The monoisotopic (exact) mass is 152 g/mol. The average Bonchev–Trinajstić information content (AvgIpc) is 2.39. The zero-order valence-corrected chi connectivity index (χ0v) is 7.28. The van der Waals surface area contributed by atoms with E-state index in [9.17, 15) is 0 Å². The van der Waals surface area contributed by atoms with Gasteiger partial charge in [0.05, 0.1) is 5.54 Å². The van der Waals surface area contributed by atoms with Crippen molar-refractivity contribution in [2.75, 3.05) is 13.1 Å². The van der Waals surface area contributed by atoms with Gasteiger partial charge in [0.25, 0.3) is 0 Å². The molecule has 0 aromatic heterocycles. The molecule has 1 fully saturated rings. The maximum absolute atomic E-state index is 5.35. The van der Waals surface area contributed by atoms with E-state index in [1.165, 1.54) is 6.42 Å². The van der Waals surface area contributed by atoms with Crippen molar-refractivity contribution in [3.8, 4) is 12.3 Å². The second-order valence-corrected chi connectivity index (χ2v) is 3.60. The van der Waals surface area contributed by atoms with E-state index in [1.807, 2.05) is 13.8 Å². The van der Waals surface area contributed by atoms with Gasteiger partial charge in [0.2, 0.25) is 0 Å². The van der Waals surface area contributed by atoms with E-state index in [0.717, 1.165) is 13.1 Å². The summed E-state index contributed by atoms with van der Waals surface area (Å²) in [5.74, 6) is 2.73. The summed E-state index contributed by atoms with van der Waals surface area (Å²) in [4.78, 5) is 0. The Kier molecular flexibility index (Phi) is 2.53. The molecule has 0 amide bonds. The van der Waals surface area contributed by atoms with E-state index in [0.29, 0.717) is 6.04 Å². The minimum absolute atomic E-state index is 0.156. The number of nitrogens with one attached hydrogen (secondary N) is 2. The van der Waals surface area contributed by atoms with Gasteiger partial charge >= 0.3 is 0 Å². The van der Waals surface area contributed by atoms with Crippen LogP contribution in [-0.2, 0) is 0 Å². The first-order chi connectivity index (χ1) is 5.14. The third-order valence-electron chi connectivity index (χ3n) is 1.99. The van der Waals surface area contributed by atoms with Crippen LogP contribution in [0.25, 0.3) is 0 Å². The first kappa shape index (κ1) is 8.58. The Morgan fingerprint density at radius 1 is 1.64 bits per heavy atom. The van der Waals surface area contributed by atoms with Crippen molar-refractivity contribution in [1.82, 2.24) is 10.6 Å². The molecule has 0 spiro atoms. The molecule has 1 unspecified atom stereocenters. The van der Waals surface area contributed by atoms with Crippen LogP contribution in [0.15, 0.2) is 0 Å². The van der Waals surface area contributed by atoms with Crippen LogP contribution in [0.5, 0.6) is 0 Å². The normalized spacial score (nSPS) is 25.0. The van der Waals surface area contributed by atoms with Gasteiger partial charge in [0.15, 0.2) is 0 Å². The quantitative estimate of drug-likeness (QED) is 0.558. The zero-order valence-electron chi connectivity index (χ0n) is 7.28. The SMILES string of the molecule is C#CC(C)(C)NC1CCNC1. The molecule has 11 heavy (non-hydrogen) atoms. The molecule has 1 aliphatic rings. The Hall–Kier alpha value is -0.520. The molecule has 0 aromatic carbocycles. The van der Waals surface area contributed by atoms with Gasteiger partial charge < -0.3 is 5.32 Å². The fraction of sp³-hybridized carbons (Fsp3) is 0.778. The summed E-state index contributed by atoms with van der Waals surface area (Å²) in [7, 11) is 0. The van der Waals surface area contributed by atoms with Crippen LogP contribution in [0.2, 0.25) is 0 Å². The van der Waals surface area contributed by atoms with E-state index in [1.54, 1.807) is 0 Å². The van der Waals surface area contributed by atoms with E-state index in [2.05, 4.69) is 16.6 Å². The molecule has 0 aliphatic carbocycles. The van der Waals surface area contributed by atoms with Crippen LogP contribution in [0.3, 0.4) is 0 Å². The maximum Gasteiger partial charge on any atom is 0.0743 e. The van der Waals surface area contributed by atoms with Crippen LogP contribution >= 0.6 is 0 Å². The molecule has 1 rings (SSSR count). The highest BCUT2D eigenvalue weighted by molar-refractivity contribution is 5.08. The van der Waals surface area contributed by atoms with Crippen LogP contribution < -0.4 is 10.6 Å². The lowest BCUT2D eigenvalue weighted by atomic mass is 10.1. The van der Waals surface area contributed by atoms with Crippen molar-refractivity contribution in [3.63, 3.8) is 0 Å². The average molecular weight is 152 g/mol. The van der Waals surface area contributed by atoms with Gasteiger partial charge in [-0.3, -0.25) is 5.32 Å². The third-order valence-corrected chi connectivity index (χ3v) is 1.99. The van der Waals surface area contributed by atoms with Crippen molar-refractivity contribution in [3.05, 3.63) is 0 Å². The molecule has 1 atom stereocenters. The van der Waals surface area contributed by atoms with Crippen LogP contribution in [0.1, 0.15) is 20.3 Å². The van der Waals surface area contributed by atoms with Gasteiger partial charge in [-0.25, -0.2) is 0 Å². The van der Waals surface area contributed by atoms with Gasteiger partial charge in [-0.05, 0) is 26.8 Å². The first-order valence-corrected chi connectivity index (χ1v) is 4.10. The van der Waals surface area contributed by atoms with Gasteiger partial charge in [-0.15, -0.1) is 6.42 Å². The van der Waals surface area contributed by atoms with Gasteiger partial charge in [0.1, 0.15) is 0 Å². The van der Waals surface area contributed by atoms with Crippen molar-refractivity contribution >= 4 is 0 Å². The summed E-state index contributed by atoms with van der Waals surface area (Å²) >= 11 is 0. The van der Waals surface area contributed by atoms with E-state index >= 15 is 0 Å². The second kappa shape index (κ2) is 3.25. The summed E-state index contributed by atoms with van der Waals surface area (Å²) in [5.41, 5.74) is -0.156. The summed E-state index contributed by atoms with van der Waals surface area (Å²) < 4.78 is 0. The number of terminal acetylenes is 1. The van der Waals surface area contributed by atoms with Crippen molar-refractivity contribution in [2.45, 2.75) is 31.8 Å². The minimum atomic E-state index is -0.156. The van der Waals surface area contributed by atoms with Crippen molar-refractivity contribution in [2.24, 2.45) is 0 Å². The molecule has 0 bridgehead atoms. The lowest BCUT2D eigenvalue weighted by Crippen LogP contribution is -2.45. The van der Waals surface area contributed by atoms with Gasteiger partial charge in [-0.2, -0.15) is 0 Å². The van der Waals surface area contributed by atoms with Crippen LogP contribution in [0, 0.1) is 12.3 Å². The Labute approximate surface area is 68.8 Å². The third kappa shape index (κ3) is 2.53. The second-order valence-electron chi connectivity index (χ2n) is 3.60. The highest BCUT2D eigenvalue weighted by atomic mass is 15.1. The molecular weight excluding hydrogens is 136 g/mol.